The summed E-state index contributed by atoms with van der Waals surface area (Å²) in [6.45, 7) is 6.03. The molecule has 0 bridgehead atoms. The number of amides is 1. The van der Waals surface area contributed by atoms with E-state index in [4.69, 9.17) is 0 Å². The molecule has 2 heterocycles. The lowest BCUT2D eigenvalue weighted by atomic mass is 9.97. The van der Waals surface area contributed by atoms with E-state index in [1.165, 1.54) is 6.92 Å². The molecular weight excluding hydrogens is 345 g/mol. The molecule has 0 radical (unpaired) electrons. The summed E-state index contributed by atoms with van der Waals surface area (Å²) in [7, 11) is 0. The van der Waals surface area contributed by atoms with E-state index in [1.54, 1.807) is 6.07 Å². The molecule has 26 heavy (non-hydrogen) atoms. The second kappa shape index (κ2) is 7.03. The summed E-state index contributed by atoms with van der Waals surface area (Å²) in [6.07, 6.45) is -3.85. The van der Waals surface area contributed by atoms with Crippen molar-refractivity contribution < 1.29 is 18.0 Å². The number of halogens is 3. The number of alkyl halides is 3. The molecule has 1 aliphatic heterocycles. The number of likely N-dealkylation sites (N-methyl/N-ethyl adjacent to an activating group) is 1. The van der Waals surface area contributed by atoms with Crippen molar-refractivity contribution in [1.29, 1.82) is 0 Å². The van der Waals surface area contributed by atoms with Gasteiger partial charge in [-0.25, -0.2) is 9.97 Å². The Balaban J connectivity index is 1.87. The van der Waals surface area contributed by atoms with Crippen LogP contribution in [-0.4, -0.2) is 33.9 Å². The first-order valence-electron chi connectivity index (χ1n) is 8.35. The molecule has 0 saturated carbocycles. The Bertz CT molecular complexity index is 836. The predicted octanol–water partition coefficient (Wildman–Crippen LogP) is 3.43. The number of nitrogens with zero attached hydrogens (tertiary/aromatic N) is 3. The number of aromatic nitrogens is 2. The highest BCUT2D eigenvalue weighted by Gasteiger charge is 2.34. The van der Waals surface area contributed by atoms with Gasteiger partial charge in [0.25, 0.3) is 5.91 Å². The van der Waals surface area contributed by atoms with Crippen LogP contribution in [0.1, 0.15) is 40.1 Å². The predicted molar refractivity (Wildman–Crippen MR) is 90.8 cm³/mol. The Hall–Kier alpha value is -2.48. The second-order valence-corrected chi connectivity index (χ2v) is 6.20. The van der Waals surface area contributed by atoms with Crippen molar-refractivity contribution in [2.75, 3.05) is 18.4 Å². The monoisotopic (exact) mass is 364 g/mol. The maximum absolute atomic E-state index is 12.9. The zero-order valence-corrected chi connectivity index (χ0v) is 14.5. The molecule has 0 unspecified atom stereocenters. The topological polar surface area (TPSA) is 58.1 Å². The summed E-state index contributed by atoms with van der Waals surface area (Å²) >= 11 is 0. The molecule has 1 amide bonds. The molecule has 0 saturated heterocycles. The van der Waals surface area contributed by atoms with Crippen LogP contribution in [-0.2, 0) is 19.1 Å². The number of anilines is 1. The number of carbonyl (C=O) groups is 1. The summed E-state index contributed by atoms with van der Waals surface area (Å²) in [5.41, 5.74) is 1.34. The molecule has 2 aromatic rings. The number of hydrogen-bond acceptors (Lipinski definition) is 4. The van der Waals surface area contributed by atoms with Crippen LogP contribution in [0.4, 0.5) is 18.9 Å². The lowest BCUT2D eigenvalue weighted by Gasteiger charge is -2.29. The van der Waals surface area contributed by atoms with Gasteiger partial charge in [0.1, 0.15) is 17.2 Å². The van der Waals surface area contributed by atoms with Crippen molar-refractivity contribution in [2.24, 2.45) is 0 Å². The SMILES string of the molecule is CCN1CCc2c(cccc2NC(=O)c2cc(C(F)(F)F)nc(C)n2)C1. The van der Waals surface area contributed by atoms with Gasteiger partial charge in [0.2, 0.25) is 0 Å². The number of hydrogen-bond donors (Lipinski definition) is 1. The fourth-order valence-electron chi connectivity index (χ4n) is 3.07. The van der Waals surface area contributed by atoms with Crippen molar-refractivity contribution in [1.82, 2.24) is 14.9 Å². The van der Waals surface area contributed by atoms with E-state index in [0.29, 0.717) is 11.8 Å². The van der Waals surface area contributed by atoms with Gasteiger partial charge in [0.15, 0.2) is 0 Å². The van der Waals surface area contributed by atoms with E-state index >= 15 is 0 Å². The lowest BCUT2D eigenvalue weighted by molar-refractivity contribution is -0.141. The van der Waals surface area contributed by atoms with Crippen molar-refractivity contribution in [3.05, 3.63) is 52.6 Å². The van der Waals surface area contributed by atoms with Gasteiger partial charge in [-0.2, -0.15) is 13.2 Å². The van der Waals surface area contributed by atoms with Crippen LogP contribution in [0.5, 0.6) is 0 Å². The molecule has 3 rings (SSSR count). The van der Waals surface area contributed by atoms with E-state index in [9.17, 15) is 18.0 Å². The van der Waals surface area contributed by atoms with Gasteiger partial charge in [-0.05, 0) is 37.1 Å². The van der Waals surface area contributed by atoms with Gasteiger partial charge in [-0.15, -0.1) is 0 Å². The zero-order valence-electron chi connectivity index (χ0n) is 14.5. The van der Waals surface area contributed by atoms with Gasteiger partial charge in [-0.1, -0.05) is 19.1 Å². The van der Waals surface area contributed by atoms with Gasteiger partial charge in [0.05, 0.1) is 0 Å². The van der Waals surface area contributed by atoms with Gasteiger partial charge < -0.3 is 5.32 Å². The number of aryl methyl sites for hydroxylation is 1. The van der Waals surface area contributed by atoms with E-state index in [1.807, 2.05) is 12.1 Å². The zero-order chi connectivity index (χ0) is 18.9. The molecule has 1 N–H and O–H groups in total. The molecule has 0 fully saturated rings. The van der Waals surface area contributed by atoms with E-state index < -0.39 is 17.8 Å². The van der Waals surface area contributed by atoms with Crippen molar-refractivity contribution in [2.45, 2.75) is 33.0 Å². The van der Waals surface area contributed by atoms with Gasteiger partial charge >= 0.3 is 6.18 Å². The number of benzene rings is 1. The first kappa shape index (κ1) is 18.3. The van der Waals surface area contributed by atoms with Crippen molar-refractivity contribution in [3.63, 3.8) is 0 Å². The number of carbonyl (C=O) groups excluding carboxylic acids is 1. The van der Waals surface area contributed by atoms with Crippen LogP contribution in [0.15, 0.2) is 24.3 Å². The summed E-state index contributed by atoms with van der Waals surface area (Å²) in [5.74, 6) is -0.772. The van der Waals surface area contributed by atoms with E-state index in [2.05, 4.69) is 27.1 Å². The molecule has 5 nitrogen and oxygen atoms in total. The molecule has 8 heteroatoms. The Morgan fingerprint density at radius 1 is 1.31 bits per heavy atom. The molecule has 0 atom stereocenters. The number of nitrogens with one attached hydrogen (secondary N) is 1. The standard InChI is InChI=1S/C18H19F3N4O/c1-3-25-8-7-13-12(10-25)5-4-6-14(13)24-17(26)15-9-16(18(19,20)21)23-11(2)22-15/h4-6,9H,3,7-8,10H2,1-2H3,(H,24,26). The largest absolute Gasteiger partial charge is 0.433 e. The molecule has 0 aliphatic carbocycles. The average molecular weight is 364 g/mol. The quantitative estimate of drug-likeness (QED) is 0.907. The third-order valence-corrected chi connectivity index (χ3v) is 4.40. The third-order valence-electron chi connectivity index (χ3n) is 4.40. The van der Waals surface area contributed by atoms with Gasteiger partial charge in [-0.3, -0.25) is 9.69 Å². The molecule has 0 spiro atoms. The smallest absolute Gasteiger partial charge is 0.320 e. The Kier molecular flexibility index (Phi) is 4.95. The molecule has 1 aromatic heterocycles. The van der Waals surface area contributed by atoms with E-state index in [-0.39, 0.29) is 11.5 Å². The maximum atomic E-state index is 12.9. The fourth-order valence-corrected chi connectivity index (χ4v) is 3.07. The first-order chi connectivity index (χ1) is 12.3. The normalized spacial score (nSPS) is 14.8. The first-order valence-corrected chi connectivity index (χ1v) is 8.35. The molecular formula is C18H19F3N4O. The average Bonchev–Trinajstić information content (AvgIpc) is 2.60. The third kappa shape index (κ3) is 3.85. The van der Waals surface area contributed by atoms with Crippen molar-refractivity contribution in [3.8, 4) is 0 Å². The molecule has 138 valence electrons. The number of fused-ring (bicyclic) bond motifs is 1. The highest BCUT2D eigenvalue weighted by Crippen LogP contribution is 2.29. The Morgan fingerprint density at radius 3 is 2.77 bits per heavy atom. The molecule has 1 aliphatic rings. The highest BCUT2D eigenvalue weighted by molar-refractivity contribution is 6.03. The summed E-state index contributed by atoms with van der Waals surface area (Å²) in [4.78, 5) is 22.0. The van der Waals surface area contributed by atoms with Crippen LogP contribution in [0.2, 0.25) is 0 Å². The maximum Gasteiger partial charge on any atom is 0.433 e. The second-order valence-electron chi connectivity index (χ2n) is 6.20. The van der Waals surface area contributed by atoms with E-state index in [0.717, 1.165) is 37.2 Å². The lowest BCUT2D eigenvalue weighted by Crippen LogP contribution is -2.31. The fraction of sp³-hybridized carbons (Fsp3) is 0.389. The minimum absolute atomic E-state index is 0.0985. The van der Waals surface area contributed by atoms with Crippen molar-refractivity contribution >= 4 is 11.6 Å². The van der Waals surface area contributed by atoms with Crippen LogP contribution in [0.25, 0.3) is 0 Å². The summed E-state index contributed by atoms with van der Waals surface area (Å²) < 4.78 is 38.7. The van der Waals surface area contributed by atoms with Crippen LogP contribution in [0, 0.1) is 6.92 Å². The van der Waals surface area contributed by atoms with Crippen LogP contribution >= 0.6 is 0 Å². The van der Waals surface area contributed by atoms with Crippen LogP contribution < -0.4 is 5.32 Å². The minimum Gasteiger partial charge on any atom is -0.320 e. The summed E-state index contributed by atoms with van der Waals surface area (Å²) in [5, 5.41) is 2.71. The van der Waals surface area contributed by atoms with Crippen LogP contribution in [0.3, 0.4) is 0 Å². The minimum atomic E-state index is -4.63. The Labute approximate surface area is 149 Å². The Morgan fingerprint density at radius 2 is 2.08 bits per heavy atom. The molecule has 1 aromatic carbocycles. The highest BCUT2D eigenvalue weighted by atomic mass is 19.4. The van der Waals surface area contributed by atoms with Gasteiger partial charge in [0, 0.05) is 24.8 Å². The summed E-state index contributed by atoms with van der Waals surface area (Å²) in [6, 6.07) is 6.27. The number of rotatable bonds is 3.